The maximum atomic E-state index is 12.7. The minimum atomic E-state index is -0.242. The van der Waals surface area contributed by atoms with Crippen molar-refractivity contribution in [1.29, 1.82) is 0 Å². The molecule has 0 unspecified atom stereocenters. The number of fused-ring (bicyclic) bond motifs is 1. The SMILES string of the molecule is CSc1cc2c(cc1NC(=O)c1ccc(NC(=O)c3cccs3)cc1)OCCO2. The van der Waals surface area contributed by atoms with Crippen molar-refractivity contribution in [2.24, 2.45) is 0 Å². The van der Waals surface area contributed by atoms with Gasteiger partial charge in [0.2, 0.25) is 0 Å². The molecule has 2 aromatic carbocycles. The number of thiophene rings is 1. The second-order valence-corrected chi connectivity index (χ2v) is 7.95. The Balaban J connectivity index is 1.47. The quantitative estimate of drug-likeness (QED) is 0.576. The smallest absolute Gasteiger partial charge is 0.265 e. The fraction of sp³-hybridized carbons (Fsp3) is 0.143. The van der Waals surface area contributed by atoms with E-state index in [-0.39, 0.29) is 11.8 Å². The number of ether oxygens (including phenoxy) is 2. The molecule has 0 atom stereocenters. The zero-order chi connectivity index (χ0) is 20.2. The van der Waals surface area contributed by atoms with Gasteiger partial charge in [0, 0.05) is 22.2 Å². The Kier molecular flexibility index (Phi) is 5.73. The van der Waals surface area contributed by atoms with Crippen LogP contribution in [-0.4, -0.2) is 31.3 Å². The maximum Gasteiger partial charge on any atom is 0.265 e. The summed E-state index contributed by atoms with van der Waals surface area (Å²) in [5, 5.41) is 7.60. The zero-order valence-corrected chi connectivity index (χ0v) is 17.2. The van der Waals surface area contributed by atoms with Crippen molar-refractivity contribution in [3.63, 3.8) is 0 Å². The first-order valence-electron chi connectivity index (χ1n) is 8.88. The van der Waals surface area contributed by atoms with Gasteiger partial charge in [0.25, 0.3) is 11.8 Å². The van der Waals surface area contributed by atoms with Gasteiger partial charge in [-0.25, -0.2) is 0 Å². The molecule has 2 heterocycles. The van der Waals surface area contributed by atoms with E-state index in [4.69, 9.17) is 9.47 Å². The summed E-state index contributed by atoms with van der Waals surface area (Å²) in [6, 6.07) is 14.0. The van der Waals surface area contributed by atoms with Crippen LogP contribution in [0, 0.1) is 0 Å². The van der Waals surface area contributed by atoms with Gasteiger partial charge < -0.3 is 20.1 Å². The van der Waals surface area contributed by atoms with Crippen molar-refractivity contribution >= 4 is 46.3 Å². The molecule has 2 N–H and O–H groups in total. The predicted octanol–water partition coefficient (Wildman–Crippen LogP) is 4.75. The summed E-state index contributed by atoms with van der Waals surface area (Å²) in [6.07, 6.45) is 1.94. The van der Waals surface area contributed by atoms with Crippen molar-refractivity contribution in [1.82, 2.24) is 0 Å². The van der Waals surface area contributed by atoms with Crippen molar-refractivity contribution in [2.75, 3.05) is 30.1 Å². The van der Waals surface area contributed by atoms with Gasteiger partial charge in [-0.2, -0.15) is 0 Å². The number of rotatable bonds is 5. The van der Waals surface area contributed by atoms with E-state index < -0.39 is 0 Å². The lowest BCUT2D eigenvalue weighted by Gasteiger charge is -2.21. The average Bonchev–Trinajstić information content (AvgIpc) is 3.29. The third-order valence-corrected chi connectivity index (χ3v) is 5.91. The van der Waals surface area contributed by atoms with Gasteiger partial charge in [-0.05, 0) is 48.0 Å². The molecular weight excluding hydrogens is 408 g/mol. The van der Waals surface area contributed by atoms with Crippen LogP contribution >= 0.6 is 23.1 Å². The van der Waals surface area contributed by atoms with Gasteiger partial charge in [0.15, 0.2) is 11.5 Å². The average molecular weight is 427 g/mol. The monoisotopic (exact) mass is 426 g/mol. The summed E-state index contributed by atoms with van der Waals surface area (Å²) < 4.78 is 11.2. The van der Waals surface area contributed by atoms with E-state index in [2.05, 4.69) is 10.6 Å². The number of hydrogen-bond acceptors (Lipinski definition) is 6. The Hall–Kier alpha value is -2.97. The van der Waals surface area contributed by atoms with Crippen molar-refractivity contribution in [3.8, 4) is 11.5 Å². The van der Waals surface area contributed by atoms with E-state index in [1.807, 2.05) is 23.8 Å². The van der Waals surface area contributed by atoms with Gasteiger partial charge in [-0.3, -0.25) is 9.59 Å². The largest absolute Gasteiger partial charge is 0.486 e. The number of benzene rings is 2. The van der Waals surface area contributed by atoms with Crippen molar-refractivity contribution in [3.05, 3.63) is 64.4 Å². The highest BCUT2D eigenvalue weighted by atomic mass is 32.2. The van der Waals surface area contributed by atoms with Crippen LogP contribution in [0.5, 0.6) is 11.5 Å². The molecule has 29 heavy (non-hydrogen) atoms. The van der Waals surface area contributed by atoms with E-state index in [9.17, 15) is 9.59 Å². The standard InChI is InChI=1S/C21H18N2O4S2/c1-28-19-12-17-16(26-8-9-27-17)11-15(19)23-20(24)13-4-6-14(7-5-13)22-21(25)18-3-2-10-29-18/h2-7,10-12H,8-9H2,1H3,(H,22,25)(H,23,24). The number of carbonyl (C=O) groups excluding carboxylic acids is 2. The molecule has 0 bridgehead atoms. The summed E-state index contributed by atoms with van der Waals surface area (Å²) in [5.41, 5.74) is 1.78. The number of thioether (sulfide) groups is 1. The molecule has 0 radical (unpaired) electrons. The lowest BCUT2D eigenvalue weighted by molar-refractivity contribution is 0.102. The van der Waals surface area contributed by atoms with Crippen LogP contribution in [0.4, 0.5) is 11.4 Å². The van der Waals surface area contributed by atoms with Gasteiger partial charge in [-0.15, -0.1) is 23.1 Å². The summed E-state index contributed by atoms with van der Waals surface area (Å²) >= 11 is 2.89. The highest BCUT2D eigenvalue weighted by molar-refractivity contribution is 7.98. The molecule has 1 aliphatic rings. The molecule has 0 aliphatic carbocycles. The van der Waals surface area contributed by atoms with E-state index >= 15 is 0 Å². The Morgan fingerprint density at radius 2 is 1.69 bits per heavy atom. The first-order valence-corrected chi connectivity index (χ1v) is 11.0. The number of nitrogens with one attached hydrogen (secondary N) is 2. The third kappa shape index (κ3) is 4.38. The Bertz CT molecular complexity index is 1030. The molecule has 8 heteroatoms. The summed E-state index contributed by atoms with van der Waals surface area (Å²) in [5.74, 6) is 0.895. The molecule has 0 fully saturated rings. The predicted molar refractivity (Wildman–Crippen MR) is 116 cm³/mol. The Morgan fingerprint density at radius 3 is 2.34 bits per heavy atom. The van der Waals surface area contributed by atoms with Crippen molar-refractivity contribution in [2.45, 2.75) is 4.90 Å². The molecule has 0 saturated carbocycles. The van der Waals surface area contributed by atoms with E-state index in [0.717, 1.165) is 4.90 Å². The molecule has 4 rings (SSSR count). The maximum absolute atomic E-state index is 12.7. The molecule has 2 amide bonds. The first kappa shape index (κ1) is 19.4. The lowest BCUT2D eigenvalue weighted by Crippen LogP contribution is -2.17. The van der Waals surface area contributed by atoms with Crippen LogP contribution in [0.15, 0.2) is 58.8 Å². The highest BCUT2D eigenvalue weighted by Crippen LogP contribution is 2.39. The lowest BCUT2D eigenvalue weighted by atomic mass is 10.2. The number of amides is 2. The van der Waals surface area contributed by atoms with Crippen molar-refractivity contribution < 1.29 is 19.1 Å². The zero-order valence-electron chi connectivity index (χ0n) is 15.6. The minimum absolute atomic E-state index is 0.168. The molecule has 1 aliphatic heterocycles. The minimum Gasteiger partial charge on any atom is -0.486 e. The van der Waals surface area contributed by atoms with Gasteiger partial charge in [0.05, 0.1) is 10.6 Å². The number of carbonyl (C=O) groups is 2. The molecule has 3 aromatic rings. The topological polar surface area (TPSA) is 76.7 Å². The van der Waals surface area contributed by atoms with Gasteiger partial charge >= 0.3 is 0 Å². The Morgan fingerprint density at radius 1 is 0.966 bits per heavy atom. The molecule has 0 saturated heterocycles. The molecular formula is C21H18N2O4S2. The third-order valence-electron chi connectivity index (χ3n) is 4.26. The van der Waals surface area contributed by atoms with E-state index in [1.54, 1.807) is 36.4 Å². The Labute approximate surface area is 176 Å². The fourth-order valence-corrected chi connectivity index (χ4v) is 4.01. The van der Waals surface area contributed by atoms with E-state index in [1.165, 1.54) is 23.1 Å². The van der Waals surface area contributed by atoms with Crippen LogP contribution < -0.4 is 20.1 Å². The second kappa shape index (κ2) is 8.59. The number of anilines is 2. The van der Waals surface area contributed by atoms with Gasteiger partial charge in [0.1, 0.15) is 13.2 Å². The highest BCUT2D eigenvalue weighted by Gasteiger charge is 2.17. The van der Waals surface area contributed by atoms with Crippen LogP contribution in [-0.2, 0) is 0 Å². The molecule has 0 spiro atoms. The van der Waals surface area contributed by atoms with E-state index in [0.29, 0.717) is 46.5 Å². The normalized spacial score (nSPS) is 12.3. The van der Waals surface area contributed by atoms with Crippen LogP contribution in [0.3, 0.4) is 0 Å². The fourth-order valence-electron chi connectivity index (χ4n) is 2.84. The number of hydrogen-bond donors (Lipinski definition) is 2. The molecule has 1 aromatic heterocycles. The summed E-state index contributed by atoms with van der Waals surface area (Å²) in [4.78, 5) is 26.3. The molecule has 148 valence electrons. The second-order valence-electron chi connectivity index (χ2n) is 6.16. The summed E-state index contributed by atoms with van der Waals surface area (Å²) in [7, 11) is 0. The summed E-state index contributed by atoms with van der Waals surface area (Å²) in [6.45, 7) is 1.000. The van der Waals surface area contributed by atoms with Gasteiger partial charge in [-0.1, -0.05) is 6.07 Å². The molecule has 6 nitrogen and oxygen atoms in total. The van der Waals surface area contributed by atoms with Crippen LogP contribution in [0.2, 0.25) is 0 Å². The first-order chi connectivity index (χ1) is 14.1. The van der Waals surface area contributed by atoms with Crippen LogP contribution in [0.1, 0.15) is 20.0 Å². The van der Waals surface area contributed by atoms with Crippen LogP contribution in [0.25, 0.3) is 0 Å².